The number of amides is 2. The molecule has 0 aliphatic carbocycles. The third-order valence-electron chi connectivity index (χ3n) is 4.09. The van der Waals surface area contributed by atoms with Gasteiger partial charge < -0.3 is 9.47 Å². The van der Waals surface area contributed by atoms with Crippen LogP contribution in [-0.4, -0.2) is 38.2 Å². The van der Waals surface area contributed by atoms with E-state index >= 15 is 0 Å². The maximum Gasteiger partial charge on any atom is 0.233 e. The van der Waals surface area contributed by atoms with Crippen LogP contribution in [0.3, 0.4) is 0 Å². The highest BCUT2D eigenvalue weighted by atomic mass is 16.5. The fraction of sp³-hybridized carbons (Fsp3) is 0.789. The molecule has 0 aliphatic heterocycles. The first-order valence-electron chi connectivity index (χ1n) is 9.13. The molecule has 0 aromatic carbocycles. The van der Waals surface area contributed by atoms with Gasteiger partial charge in [-0.1, -0.05) is 27.7 Å². The zero-order valence-electron chi connectivity index (χ0n) is 16.9. The summed E-state index contributed by atoms with van der Waals surface area (Å²) in [6, 6.07) is 0. The van der Waals surface area contributed by atoms with Gasteiger partial charge in [0.1, 0.15) is 0 Å². The van der Waals surface area contributed by atoms with Crippen molar-refractivity contribution in [2.75, 3.05) is 26.4 Å². The summed E-state index contributed by atoms with van der Waals surface area (Å²) in [6.07, 6.45) is 6.07. The van der Waals surface area contributed by atoms with Crippen molar-refractivity contribution in [2.45, 2.75) is 59.8 Å². The molecular weight excluding hydrogens is 348 g/mol. The largest absolute Gasteiger partial charge is 0.381 e. The van der Waals surface area contributed by atoms with Crippen LogP contribution in [0.4, 0.5) is 0 Å². The van der Waals surface area contributed by atoms with Crippen LogP contribution < -0.4 is 10.6 Å². The average molecular weight is 380 g/mol. The van der Waals surface area contributed by atoms with Crippen LogP contribution in [0.2, 0.25) is 0 Å². The number of nitrogens with one attached hydrogen (secondary N) is 2. The lowest BCUT2D eigenvalue weighted by Gasteiger charge is -2.23. The molecule has 0 aromatic rings. The van der Waals surface area contributed by atoms with Gasteiger partial charge in [0, 0.05) is 39.3 Å². The first-order valence-corrected chi connectivity index (χ1v) is 9.13. The van der Waals surface area contributed by atoms with Gasteiger partial charge >= 0.3 is 0 Å². The van der Waals surface area contributed by atoms with Crippen molar-refractivity contribution in [1.29, 1.82) is 10.5 Å². The Morgan fingerprint density at radius 2 is 1.15 bits per heavy atom. The molecule has 2 N–H and O–H groups in total. The Bertz CT molecular complexity index is 499. The van der Waals surface area contributed by atoms with Crippen molar-refractivity contribution in [3.63, 3.8) is 0 Å². The lowest BCUT2D eigenvalue weighted by Crippen LogP contribution is -2.26. The number of hydrogen-bond donors (Lipinski definition) is 2. The average Bonchev–Trinajstić information content (AvgIpc) is 2.52. The lowest BCUT2D eigenvalue weighted by molar-refractivity contribution is -0.123. The van der Waals surface area contributed by atoms with Crippen molar-refractivity contribution in [3.05, 3.63) is 0 Å². The summed E-state index contributed by atoms with van der Waals surface area (Å²) >= 11 is 0. The molecule has 0 atom stereocenters. The Balaban J connectivity index is 3.70. The van der Waals surface area contributed by atoms with Crippen LogP contribution in [0.5, 0.6) is 0 Å². The van der Waals surface area contributed by atoms with Gasteiger partial charge in [-0.2, -0.15) is 10.5 Å². The van der Waals surface area contributed by atoms with E-state index in [4.69, 9.17) is 20.0 Å². The van der Waals surface area contributed by atoms with Crippen LogP contribution >= 0.6 is 0 Å². The highest BCUT2D eigenvalue weighted by Crippen LogP contribution is 2.25. The molecule has 8 heteroatoms. The fourth-order valence-corrected chi connectivity index (χ4v) is 2.42. The Morgan fingerprint density at radius 3 is 1.48 bits per heavy atom. The highest BCUT2D eigenvalue weighted by Gasteiger charge is 2.22. The molecule has 0 rings (SSSR count). The van der Waals surface area contributed by atoms with Crippen LogP contribution in [0.15, 0.2) is 0 Å². The summed E-state index contributed by atoms with van der Waals surface area (Å²) in [5.41, 5.74) is -0.443. The minimum absolute atomic E-state index is 0.221. The van der Waals surface area contributed by atoms with E-state index in [1.807, 2.05) is 27.7 Å². The van der Waals surface area contributed by atoms with E-state index in [1.165, 1.54) is 0 Å². The number of nitriles is 2. The second-order valence-corrected chi connectivity index (χ2v) is 8.08. The standard InChI is InChI=1S/C19H32N4O4/c1-18(2,12-16(24)22-14-20)6-10-26-8-5-9-27-11-7-19(3,4)13-17(25)23-15-21/h5-13H2,1-4H3,(H,22,24)(H,23,25). The monoisotopic (exact) mass is 380 g/mol. The van der Waals surface area contributed by atoms with Crippen molar-refractivity contribution >= 4 is 11.8 Å². The second kappa shape index (κ2) is 13.1. The van der Waals surface area contributed by atoms with Gasteiger partial charge in [0.15, 0.2) is 12.4 Å². The van der Waals surface area contributed by atoms with Crippen molar-refractivity contribution < 1.29 is 19.1 Å². The highest BCUT2D eigenvalue weighted by molar-refractivity contribution is 5.78. The van der Waals surface area contributed by atoms with Gasteiger partial charge in [0.05, 0.1) is 0 Å². The molecule has 0 heterocycles. The zero-order valence-corrected chi connectivity index (χ0v) is 16.9. The summed E-state index contributed by atoms with van der Waals surface area (Å²) in [5.74, 6) is -0.548. The van der Waals surface area contributed by atoms with E-state index in [2.05, 4.69) is 10.6 Å². The van der Waals surface area contributed by atoms with Crippen molar-refractivity contribution in [2.24, 2.45) is 10.8 Å². The number of carbonyl (C=O) groups excluding carboxylic acids is 2. The van der Waals surface area contributed by atoms with Gasteiger partial charge in [0.25, 0.3) is 0 Å². The second-order valence-electron chi connectivity index (χ2n) is 8.08. The van der Waals surface area contributed by atoms with E-state index in [1.54, 1.807) is 12.4 Å². The van der Waals surface area contributed by atoms with E-state index < -0.39 is 0 Å². The smallest absolute Gasteiger partial charge is 0.233 e. The Morgan fingerprint density at radius 1 is 0.778 bits per heavy atom. The molecule has 152 valence electrons. The first kappa shape index (κ1) is 24.8. The minimum Gasteiger partial charge on any atom is -0.381 e. The van der Waals surface area contributed by atoms with E-state index in [0.717, 1.165) is 19.3 Å². The number of carbonyl (C=O) groups is 2. The molecule has 0 saturated carbocycles. The minimum atomic E-state index is -0.274. The van der Waals surface area contributed by atoms with Crippen molar-refractivity contribution in [3.8, 4) is 12.4 Å². The van der Waals surface area contributed by atoms with Crippen LogP contribution in [0.1, 0.15) is 59.8 Å². The molecule has 2 amide bonds. The molecule has 8 nitrogen and oxygen atoms in total. The molecule has 0 unspecified atom stereocenters. The summed E-state index contributed by atoms with van der Waals surface area (Å²) in [4.78, 5) is 22.9. The van der Waals surface area contributed by atoms with E-state index in [9.17, 15) is 9.59 Å². The summed E-state index contributed by atoms with van der Waals surface area (Å²) in [6.45, 7) is 10.1. The fourth-order valence-electron chi connectivity index (χ4n) is 2.42. The topological polar surface area (TPSA) is 124 Å². The Hall–Kier alpha value is -2.16. The molecular formula is C19H32N4O4. The van der Waals surface area contributed by atoms with Crippen LogP contribution in [-0.2, 0) is 19.1 Å². The van der Waals surface area contributed by atoms with Crippen LogP contribution in [0.25, 0.3) is 0 Å². The van der Waals surface area contributed by atoms with E-state index in [-0.39, 0.29) is 35.5 Å². The third-order valence-corrected chi connectivity index (χ3v) is 4.09. The summed E-state index contributed by atoms with van der Waals surface area (Å²) < 4.78 is 11.2. The predicted octanol–water partition coefficient (Wildman–Crippen LogP) is 2.22. The van der Waals surface area contributed by atoms with Crippen LogP contribution in [0, 0.1) is 33.7 Å². The molecule has 0 spiro atoms. The maximum absolute atomic E-state index is 11.4. The normalized spacial score (nSPS) is 11.3. The molecule has 0 bridgehead atoms. The van der Waals surface area contributed by atoms with Gasteiger partial charge in [-0.25, -0.2) is 0 Å². The maximum atomic E-state index is 11.4. The first-order chi connectivity index (χ1) is 12.6. The number of nitrogens with zero attached hydrogens (tertiary/aromatic N) is 2. The van der Waals surface area contributed by atoms with Gasteiger partial charge in [-0.15, -0.1) is 0 Å². The molecule has 27 heavy (non-hydrogen) atoms. The number of hydrogen-bond acceptors (Lipinski definition) is 6. The van der Waals surface area contributed by atoms with Gasteiger partial charge in [-0.05, 0) is 30.1 Å². The third kappa shape index (κ3) is 14.7. The lowest BCUT2D eigenvalue weighted by atomic mass is 9.86. The van der Waals surface area contributed by atoms with Gasteiger partial charge in [0.2, 0.25) is 11.8 Å². The van der Waals surface area contributed by atoms with E-state index in [0.29, 0.717) is 26.4 Å². The molecule has 0 fully saturated rings. The molecule has 0 saturated heterocycles. The van der Waals surface area contributed by atoms with Gasteiger partial charge in [-0.3, -0.25) is 20.2 Å². The number of rotatable bonds is 14. The SMILES string of the molecule is CC(C)(CCOCCCOCCC(C)(C)CC(=O)NC#N)CC(=O)NC#N. The van der Waals surface area contributed by atoms with Crippen molar-refractivity contribution in [1.82, 2.24) is 10.6 Å². The Labute approximate surface area is 162 Å². The summed E-state index contributed by atoms with van der Waals surface area (Å²) in [7, 11) is 0. The predicted molar refractivity (Wildman–Crippen MR) is 99.8 cm³/mol. The Kier molecular flexibility index (Phi) is 12.0. The zero-order chi connectivity index (χ0) is 20.8. The molecule has 0 aliphatic rings. The number of ether oxygens (including phenoxy) is 2. The quantitative estimate of drug-likeness (QED) is 0.270. The summed E-state index contributed by atoms with van der Waals surface area (Å²) in [5, 5.41) is 21.1. The molecule has 0 aromatic heterocycles. The molecule has 0 radical (unpaired) electrons.